The third kappa shape index (κ3) is 7.61. The second-order valence-corrected chi connectivity index (χ2v) is 4.17. The number of amides is 3. The zero-order chi connectivity index (χ0) is 14.1. The average Bonchev–Trinajstić information content (AvgIpc) is 2.24. The van der Waals surface area contributed by atoms with Gasteiger partial charge in [0.2, 0.25) is 0 Å². The molecule has 0 aromatic carbocycles. The number of carboxylic acids is 1. The second-order valence-electron chi connectivity index (χ2n) is 4.17. The summed E-state index contributed by atoms with van der Waals surface area (Å²) in [5.41, 5.74) is 0. The number of urea groups is 1. The van der Waals surface area contributed by atoms with E-state index >= 15 is 0 Å². The molecule has 0 spiro atoms. The summed E-state index contributed by atoms with van der Waals surface area (Å²) in [6.45, 7) is 4.83. The molecule has 0 aliphatic heterocycles. The topological polar surface area (TPSA) is 105 Å². The maximum absolute atomic E-state index is 11.4. The molecule has 0 bridgehead atoms. The maximum Gasteiger partial charge on any atom is 0.329 e. The second kappa shape index (κ2) is 8.46. The molecule has 0 heterocycles. The van der Waals surface area contributed by atoms with Gasteiger partial charge in [0.25, 0.3) is 5.91 Å². The Kier molecular flexibility index (Phi) is 7.69. The van der Waals surface area contributed by atoms with E-state index in [1.807, 2.05) is 20.8 Å². The number of carbonyl (C=O) groups excluding carboxylic acids is 2. The number of rotatable bonds is 7. The van der Waals surface area contributed by atoms with Crippen LogP contribution in [0.3, 0.4) is 0 Å². The number of nitrogens with one attached hydrogen (secondary N) is 2. The van der Waals surface area contributed by atoms with Crippen molar-refractivity contribution in [3.63, 3.8) is 0 Å². The van der Waals surface area contributed by atoms with E-state index in [4.69, 9.17) is 5.11 Å². The van der Waals surface area contributed by atoms with Crippen molar-refractivity contribution in [2.45, 2.75) is 33.2 Å². The van der Waals surface area contributed by atoms with Crippen LogP contribution in [-0.4, -0.2) is 42.3 Å². The quantitative estimate of drug-likeness (QED) is 0.612. The lowest BCUT2D eigenvalue weighted by Gasteiger charge is -2.20. The van der Waals surface area contributed by atoms with Crippen LogP contribution >= 0.6 is 0 Å². The normalized spacial score (nSPS) is 12.0. The van der Waals surface area contributed by atoms with E-state index in [-0.39, 0.29) is 12.0 Å². The van der Waals surface area contributed by atoms with Crippen LogP contribution in [0.1, 0.15) is 27.2 Å². The van der Waals surface area contributed by atoms with E-state index in [0.29, 0.717) is 0 Å². The van der Waals surface area contributed by atoms with Crippen molar-refractivity contribution in [1.29, 1.82) is 0 Å². The molecule has 0 aromatic heterocycles. The largest absolute Gasteiger partial charge is 0.480 e. The fourth-order valence-corrected chi connectivity index (χ4v) is 1.34. The van der Waals surface area contributed by atoms with E-state index in [0.717, 1.165) is 6.42 Å². The Morgan fingerprint density at radius 3 is 2.28 bits per heavy atom. The van der Waals surface area contributed by atoms with Gasteiger partial charge in [-0.2, -0.15) is 0 Å². The number of hydrogen-bond donors (Lipinski definition) is 3. The molecule has 0 aliphatic rings. The Labute approximate surface area is 106 Å². The highest BCUT2D eigenvalue weighted by molar-refractivity contribution is 5.95. The first-order chi connectivity index (χ1) is 8.36. The summed E-state index contributed by atoms with van der Waals surface area (Å²) in [6, 6.07) is -0.614. The molecule has 0 rings (SSSR count). The predicted molar refractivity (Wildman–Crippen MR) is 64.0 cm³/mol. The first-order valence-electron chi connectivity index (χ1n) is 5.76. The molecule has 0 radical (unpaired) electrons. The monoisotopic (exact) mass is 260 g/mol. The van der Waals surface area contributed by atoms with Gasteiger partial charge in [0.1, 0.15) is 13.2 Å². The molecule has 0 fully saturated rings. The minimum Gasteiger partial charge on any atom is -0.480 e. The fourth-order valence-electron chi connectivity index (χ4n) is 1.34. The first kappa shape index (κ1) is 16.4. The number of ether oxygens (including phenoxy) is 1. The SMILES string of the molecule is CCC(NC(=O)NC(=O)COCC(=O)O)C(C)C. The van der Waals surface area contributed by atoms with Crippen LogP contribution in [0.5, 0.6) is 0 Å². The van der Waals surface area contributed by atoms with E-state index in [1.165, 1.54) is 0 Å². The highest BCUT2D eigenvalue weighted by atomic mass is 16.5. The minimum atomic E-state index is -1.17. The number of hydrogen-bond acceptors (Lipinski definition) is 4. The van der Waals surface area contributed by atoms with Crippen molar-refractivity contribution in [3.05, 3.63) is 0 Å². The molecule has 104 valence electrons. The van der Waals surface area contributed by atoms with Gasteiger partial charge in [0.05, 0.1) is 0 Å². The van der Waals surface area contributed by atoms with Gasteiger partial charge in [-0.1, -0.05) is 20.8 Å². The van der Waals surface area contributed by atoms with Crippen LogP contribution in [0, 0.1) is 5.92 Å². The van der Waals surface area contributed by atoms with E-state index in [9.17, 15) is 14.4 Å². The van der Waals surface area contributed by atoms with Gasteiger partial charge in [-0.3, -0.25) is 10.1 Å². The van der Waals surface area contributed by atoms with Gasteiger partial charge in [-0.05, 0) is 12.3 Å². The summed E-state index contributed by atoms with van der Waals surface area (Å²) >= 11 is 0. The van der Waals surface area contributed by atoms with Gasteiger partial charge in [0, 0.05) is 6.04 Å². The Hall–Kier alpha value is -1.63. The van der Waals surface area contributed by atoms with Crippen molar-refractivity contribution in [2.75, 3.05) is 13.2 Å². The van der Waals surface area contributed by atoms with Crippen LogP contribution < -0.4 is 10.6 Å². The summed E-state index contributed by atoms with van der Waals surface area (Å²) < 4.78 is 4.54. The van der Waals surface area contributed by atoms with E-state index in [1.54, 1.807) is 0 Å². The summed E-state index contributed by atoms with van der Waals surface area (Å²) in [6.07, 6.45) is 0.759. The van der Waals surface area contributed by atoms with Crippen molar-refractivity contribution in [1.82, 2.24) is 10.6 Å². The molecule has 3 N–H and O–H groups in total. The third-order valence-corrected chi connectivity index (χ3v) is 2.27. The zero-order valence-corrected chi connectivity index (χ0v) is 10.9. The summed E-state index contributed by atoms with van der Waals surface area (Å²) in [4.78, 5) is 32.7. The van der Waals surface area contributed by atoms with Crippen LogP contribution in [-0.2, 0) is 14.3 Å². The highest BCUT2D eigenvalue weighted by Gasteiger charge is 2.15. The Balaban J connectivity index is 3.93. The third-order valence-electron chi connectivity index (χ3n) is 2.27. The Morgan fingerprint density at radius 1 is 1.22 bits per heavy atom. The Bertz CT molecular complexity index is 304. The van der Waals surface area contributed by atoms with Crippen molar-refractivity contribution >= 4 is 17.9 Å². The Morgan fingerprint density at radius 2 is 1.83 bits per heavy atom. The molecule has 1 atom stereocenters. The summed E-state index contributed by atoms with van der Waals surface area (Å²) in [5, 5.41) is 13.0. The van der Waals surface area contributed by atoms with Gasteiger partial charge < -0.3 is 15.2 Å². The smallest absolute Gasteiger partial charge is 0.329 e. The van der Waals surface area contributed by atoms with Crippen molar-refractivity contribution in [3.8, 4) is 0 Å². The number of carboxylic acid groups (broad SMARTS) is 1. The molecule has 3 amide bonds. The van der Waals surface area contributed by atoms with Gasteiger partial charge in [-0.25, -0.2) is 9.59 Å². The lowest BCUT2D eigenvalue weighted by Crippen LogP contribution is -2.47. The molecular weight excluding hydrogens is 240 g/mol. The number of imide groups is 1. The fraction of sp³-hybridized carbons (Fsp3) is 0.727. The lowest BCUT2D eigenvalue weighted by molar-refractivity contribution is -0.143. The molecule has 1 unspecified atom stereocenters. The molecule has 0 saturated heterocycles. The number of carbonyl (C=O) groups is 3. The van der Waals surface area contributed by atoms with Crippen LogP contribution in [0.25, 0.3) is 0 Å². The molecule has 7 heteroatoms. The molecule has 0 saturated carbocycles. The standard InChI is InChI=1S/C11H20N2O5/c1-4-8(7(2)3)12-11(17)13-9(14)5-18-6-10(15)16/h7-8H,4-6H2,1-3H3,(H,15,16)(H2,12,13,14,17). The molecule has 7 nitrogen and oxygen atoms in total. The summed E-state index contributed by atoms with van der Waals surface area (Å²) in [5.74, 6) is -1.58. The van der Waals surface area contributed by atoms with Crippen LogP contribution in [0.4, 0.5) is 4.79 Å². The first-order valence-corrected chi connectivity index (χ1v) is 5.76. The number of aliphatic carboxylic acids is 1. The van der Waals surface area contributed by atoms with Gasteiger partial charge in [0.15, 0.2) is 0 Å². The molecule has 0 aliphatic carbocycles. The van der Waals surface area contributed by atoms with Crippen LogP contribution in [0.15, 0.2) is 0 Å². The molecule has 0 aromatic rings. The van der Waals surface area contributed by atoms with Gasteiger partial charge in [-0.15, -0.1) is 0 Å². The van der Waals surface area contributed by atoms with Crippen LogP contribution in [0.2, 0.25) is 0 Å². The van der Waals surface area contributed by atoms with Crippen molar-refractivity contribution < 1.29 is 24.2 Å². The summed E-state index contributed by atoms with van der Waals surface area (Å²) in [7, 11) is 0. The minimum absolute atomic E-state index is 0.0160. The van der Waals surface area contributed by atoms with Crippen molar-refractivity contribution in [2.24, 2.45) is 5.92 Å². The molecule has 18 heavy (non-hydrogen) atoms. The predicted octanol–water partition coefficient (Wildman–Crippen LogP) is 0.348. The molecular formula is C11H20N2O5. The van der Waals surface area contributed by atoms with E-state index in [2.05, 4.69) is 15.4 Å². The average molecular weight is 260 g/mol. The maximum atomic E-state index is 11.4. The van der Waals surface area contributed by atoms with Gasteiger partial charge >= 0.3 is 12.0 Å². The zero-order valence-electron chi connectivity index (χ0n) is 10.9. The lowest BCUT2D eigenvalue weighted by atomic mass is 10.0. The highest BCUT2D eigenvalue weighted by Crippen LogP contribution is 2.04. The van der Waals surface area contributed by atoms with E-state index < -0.39 is 31.1 Å².